The number of halogens is 3. The van der Waals surface area contributed by atoms with E-state index in [-0.39, 0.29) is 24.4 Å². The number of imidazole rings is 1. The molecule has 114 valence electrons. The first-order valence-electron chi connectivity index (χ1n) is 6.42. The van der Waals surface area contributed by atoms with E-state index >= 15 is 0 Å². The summed E-state index contributed by atoms with van der Waals surface area (Å²) < 4.78 is 14.7. The average Bonchev–Trinajstić information content (AvgIpc) is 3.01. The summed E-state index contributed by atoms with van der Waals surface area (Å²) in [6, 6.07) is 3.45. The molecule has 8 heteroatoms. The van der Waals surface area contributed by atoms with Gasteiger partial charge in [-0.1, -0.05) is 11.6 Å². The van der Waals surface area contributed by atoms with Gasteiger partial charge in [0, 0.05) is 31.5 Å². The topological polar surface area (TPSA) is 58.4 Å². The van der Waals surface area contributed by atoms with Crippen LogP contribution >= 0.6 is 24.0 Å². The average molecular weight is 333 g/mol. The number of hydrogen-bond acceptors (Lipinski definition) is 3. The Labute approximate surface area is 132 Å². The predicted octanol–water partition coefficient (Wildman–Crippen LogP) is 1.84. The van der Waals surface area contributed by atoms with Crippen LogP contribution in [0.25, 0.3) is 5.65 Å². The highest BCUT2D eigenvalue weighted by atomic mass is 35.5. The quantitative estimate of drug-likeness (QED) is 0.901. The van der Waals surface area contributed by atoms with Crippen LogP contribution in [0.1, 0.15) is 16.9 Å². The second kappa shape index (κ2) is 6.60. The molecular weight excluding hydrogens is 318 g/mol. The van der Waals surface area contributed by atoms with Crippen molar-refractivity contribution in [1.29, 1.82) is 0 Å². The van der Waals surface area contributed by atoms with Gasteiger partial charge in [0.1, 0.15) is 17.5 Å². The summed E-state index contributed by atoms with van der Waals surface area (Å²) in [5.41, 5.74) is 0.976. The number of rotatable bonds is 3. The Kier molecular flexibility index (Phi) is 5.03. The number of nitrogens with one attached hydrogen (secondary N) is 2. The van der Waals surface area contributed by atoms with Gasteiger partial charge in [-0.15, -0.1) is 12.4 Å². The van der Waals surface area contributed by atoms with E-state index in [0.29, 0.717) is 35.9 Å². The van der Waals surface area contributed by atoms with E-state index in [2.05, 4.69) is 15.6 Å². The van der Waals surface area contributed by atoms with Gasteiger partial charge in [-0.2, -0.15) is 0 Å². The van der Waals surface area contributed by atoms with Gasteiger partial charge in [-0.05, 0) is 18.6 Å². The number of carbonyl (C=O) groups excluding carboxylic acids is 1. The van der Waals surface area contributed by atoms with Crippen molar-refractivity contribution >= 4 is 35.6 Å². The van der Waals surface area contributed by atoms with Crippen LogP contribution in [0.5, 0.6) is 0 Å². The van der Waals surface area contributed by atoms with Crippen LogP contribution in [0, 0.1) is 0 Å². The molecule has 2 N–H and O–H groups in total. The molecule has 0 bridgehead atoms. The van der Waals surface area contributed by atoms with Gasteiger partial charge in [-0.3, -0.25) is 4.79 Å². The van der Waals surface area contributed by atoms with E-state index in [4.69, 9.17) is 11.6 Å². The lowest BCUT2D eigenvalue weighted by molar-refractivity contribution is 0.0945. The Morgan fingerprint density at radius 3 is 3.05 bits per heavy atom. The minimum Gasteiger partial charge on any atom is -0.349 e. The van der Waals surface area contributed by atoms with Gasteiger partial charge >= 0.3 is 0 Å². The molecule has 0 spiro atoms. The third-order valence-electron chi connectivity index (χ3n) is 3.32. The lowest BCUT2D eigenvalue weighted by Gasteiger charge is -2.09. The normalized spacial score (nSPS) is 21.2. The summed E-state index contributed by atoms with van der Waals surface area (Å²) in [6.45, 7) is 0.751. The molecule has 1 aliphatic rings. The van der Waals surface area contributed by atoms with Crippen molar-refractivity contribution in [3.8, 4) is 0 Å². The molecule has 0 aromatic carbocycles. The van der Waals surface area contributed by atoms with Crippen LogP contribution in [-0.2, 0) is 0 Å². The Balaban J connectivity index is 0.00000161. The molecule has 1 amide bonds. The highest BCUT2D eigenvalue weighted by molar-refractivity contribution is 6.30. The smallest absolute Gasteiger partial charge is 0.271 e. The van der Waals surface area contributed by atoms with Crippen molar-refractivity contribution in [3.63, 3.8) is 0 Å². The molecule has 21 heavy (non-hydrogen) atoms. The first-order valence-corrected chi connectivity index (χ1v) is 6.79. The number of carbonyl (C=O) groups is 1. The molecule has 2 aromatic rings. The van der Waals surface area contributed by atoms with Crippen molar-refractivity contribution in [2.24, 2.45) is 0 Å². The Morgan fingerprint density at radius 1 is 1.52 bits per heavy atom. The summed E-state index contributed by atoms with van der Waals surface area (Å²) in [7, 11) is 0. The van der Waals surface area contributed by atoms with E-state index in [1.54, 1.807) is 28.9 Å². The Hall–Kier alpha value is -1.37. The van der Waals surface area contributed by atoms with Gasteiger partial charge in [0.2, 0.25) is 0 Å². The molecule has 2 atom stereocenters. The molecule has 3 heterocycles. The first-order chi connectivity index (χ1) is 9.61. The lowest BCUT2D eigenvalue weighted by atomic mass is 10.2. The van der Waals surface area contributed by atoms with Crippen LogP contribution in [0.15, 0.2) is 24.5 Å². The number of nitrogens with zero attached hydrogens (tertiary/aromatic N) is 2. The molecule has 1 aliphatic heterocycles. The maximum atomic E-state index is 13.0. The summed E-state index contributed by atoms with van der Waals surface area (Å²) in [4.78, 5) is 16.2. The van der Waals surface area contributed by atoms with Crippen molar-refractivity contribution in [1.82, 2.24) is 20.0 Å². The molecule has 0 unspecified atom stereocenters. The van der Waals surface area contributed by atoms with E-state index < -0.39 is 6.17 Å². The van der Waals surface area contributed by atoms with Gasteiger partial charge in [-0.25, -0.2) is 9.37 Å². The molecule has 0 saturated carbocycles. The number of amides is 1. The monoisotopic (exact) mass is 332 g/mol. The van der Waals surface area contributed by atoms with E-state index in [9.17, 15) is 9.18 Å². The molecule has 0 radical (unpaired) electrons. The first kappa shape index (κ1) is 16.0. The summed E-state index contributed by atoms with van der Waals surface area (Å²) in [6.07, 6.45) is 2.92. The zero-order chi connectivity index (χ0) is 14.1. The summed E-state index contributed by atoms with van der Waals surface area (Å²) in [5, 5.41) is 6.35. The molecule has 1 saturated heterocycles. The fourth-order valence-electron chi connectivity index (χ4n) is 2.31. The van der Waals surface area contributed by atoms with Gasteiger partial charge in [0.25, 0.3) is 5.91 Å². The van der Waals surface area contributed by atoms with Crippen LogP contribution in [0.4, 0.5) is 4.39 Å². The number of pyridine rings is 1. The zero-order valence-electron chi connectivity index (χ0n) is 11.1. The minimum atomic E-state index is -0.825. The van der Waals surface area contributed by atoms with Crippen molar-refractivity contribution in [2.45, 2.75) is 18.6 Å². The van der Waals surface area contributed by atoms with E-state index in [0.717, 1.165) is 0 Å². The fraction of sp³-hybridized carbons (Fsp3) is 0.385. The van der Waals surface area contributed by atoms with Crippen molar-refractivity contribution in [2.75, 3.05) is 13.1 Å². The van der Waals surface area contributed by atoms with Gasteiger partial charge in [0.05, 0.1) is 5.02 Å². The molecule has 2 aromatic heterocycles. The summed E-state index contributed by atoms with van der Waals surface area (Å²) in [5.74, 6) is -0.270. The van der Waals surface area contributed by atoms with Crippen LogP contribution in [-0.4, -0.2) is 40.6 Å². The maximum Gasteiger partial charge on any atom is 0.271 e. The molecular formula is C13H15Cl2FN4O. The SMILES string of the molecule is Cl.O=C(NC[C@@H]1C[C@H](F)CN1)c1cn2cc(Cl)ccc2n1. The molecule has 1 fully saturated rings. The Bertz CT molecular complexity index is 648. The van der Waals surface area contributed by atoms with Crippen LogP contribution in [0.2, 0.25) is 5.02 Å². The van der Waals surface area contributed by atoms with Gasteiger partial charge < -0.3 is 15.0 Å². The number of fused-ring (bicyclic) bond motifs is 1. The highest BCUT2D eigenvalue weighted by Crippen LogP contribution is 2.12. The third kappa shape index (κ3) is 3.64. The lowest BCUT2D eigenvalue weighted by Crippen LogP contribution is -2.37. The van der Waals surface area contributed by atoms with Crippen LogP contribution in [0.3, 0.4) is 0 Å². The fourth-order valence-corrected chi connectivity index (χ4v) is 2.47. The largest absolute Gasteiger partial charge is 0.349 e. The van der Waals surface area contributed by atoms with E-state index in [1.165, 1.54) is 0 Å². The number of hydrogen-bond donors (Lipinski definition) is 2. The van der Waals surface area contributed by atoms with Crippen molar-refractivity contribution in [3.05, 3.63) is 35.2 Å². The standard InChI is InChI=1S/C13H14ClFN4O.ClH/c14-8-1-2-12-18-11(7-19(12)6-8)13(20)17-5-10-3-9(15)4-16-10;/h1-2,6-7,9-10,16H,3-5H2,(H,17,20);1H/t9-,10-;/m0./s1. The Morgan fingerprint density at radius 2 is 2.33 bits per heavy atom. The second-order valence-corrected chi connectivity index (χ2v) is 5.32. The zero-order valence-corrected chi connectivity index (χ0v) is 12.6. The molecule has 3 rings (SSSR count). The van der Waals surface area contributed by atoms with Gasteiger partial charge in [0.15, 0.2) is 0 Å². The van der Waals surface area contributed by atoms with Crippen molar-refractivity contribution < 1.29 is 9.18 Å². The minimum absolute atomic E-state index is 0. The predicted molar refractivity (Wildman–Crippen MR) is 81.1 cm³/mol. The third-order valence-corrected chi connectivity index (χ3v) is 3.55. The van der Waals surface area contributed by atoms with Crippen LogP contribution < -0.4 is 10.6 Å². The highest BCUT2D eigenvalue weighted by Gasteiger charge is 2.24. The number of alkyl halides is 1. The van der Waals surface area contributed by atoms with E-state index in [1.807, 2.05) is 0 Å². The molecule has 0 aliphatic carbocycles. The summed E-state index contributed by atoms with van der Waals surface area (Å²) >= 11 is 5.88. The second-order valence-electron chi connectivity index (χ2n) is 4.89. The number of aromatic nitrogens is 2. The maximum absolute atomic E-state index is 13.0. The molecule has 5 nitrogen and oxygen atoms in total.